The van der Waals surface area contributed by atoms with Gasteiger partial charge < -0.3 is 9.84 Å². The van der Waals surface area contributed by atoms with Gasteiger partial charge in [-0.05, 0) is 37.5 Å². The smallest absolute Gasteiger partial charge is 0.211 e. The highest BCUT2D eigenvalue weighted by Gasteiger charge is 2.24. The molecule has 136 valence electrons. The van der Waals surface area contributed by atoms with E-state index in [9.17, 15) is 13.5 Å². The molecule has 1 heterocycles. The Kier molecular flexibility index (Phi) is 6.25. The van der Waals surface area contributed by atoms with E-state index < -0.39 is 16.1 Å². The van der Waals surface area contributed by atoms with Crippen molar-refractivity contribution in [2.75, 3.05) is 45.6 Å². The fraction of sp³-hybridized carbons (Fsp3) is 0.647. The second-order valence-corrected chi connectivity index (χ2v) is 8.56. The van der Waals surface area contributed by atoms with Gasteiger partial charge in [0.25, 0.3) is 0 Å². The molecule has 0 radical (unpaired) electrons. The molecular formula is C17H28N2O4S. The third-order valence-electron chi connectivity index (χ3n) is 4.56. The Bertz CT molecular complexity index is 667. The van der Waals surface area contributed by atoms with Gasteiger partial charge in [-0.3, -0.25) is 4.90 Å². The van der Waals surface area contributed by atoms with Crippen LogP contribution in [0.3, 0.4) is 0 Å². The van der Waals surface area contributed by atoms with Crippen molar-refractivity contribution < 1.29 is 18.3 Å². The molecule has 1 saturated heterocycles. The van der Waals surface area contributed by atoms with Gasteiger partial charge in [-0.1, -0.05) is 12.1 Å². The highest BCUT2D eigenvalue weighted by molar-refractivity contribution is 7.88. The summed E-state index contributed by atoms with van der Waals surface area (Å²) < 4.78 is 30.3. The first-order valence-corrected chi connectivity index (χ1v) is 10.1. The Hall–Kier alpha value is -1.15. The number of hydrogen-bond donors (Lipinski definition) is 1. The van der Waals surface area contributed by atoms with Gasteiger partial charge in [-0.15, -0.1) is 0 Å². The van der Waals surface area contributed by atoms with Crippen LogP contribution in [0.4, 0.5) is 0 Å². The van der Waals surface area contributed by atoms with Gasteiger partial charge in [0.2, 0.25) is 10.0 Å². The van der Waals surface area contributed by atoms with Crippen molar-refractivity contribution >= 4 is 10.0 Å². The SMILES string of the molecule is Cc1ccc(C)c(OCC(O)CN2CCN(S(C)(=O)=O)CC2)c1C. The van der Waals surface area contributed by atoms with Crippen LogP contribution in [0.2, 0.25) is 0 Å². The number of hydrogen-bond acceptors (Lipinski definition) is 5. The molecule has 1 unspecified atom stereocenters. The molecule has 24 heavy (non-hydrogen) atoms. The van der Waals surface area contributed by atoms with E-state index in [-0.39, 0.29) is 6.61 Å². The summed E-state index contributed by atoms with van der Waals surface area (Å²) in [4.78, 5) is 2.08. The molecule has 1 fully saturated rings. The summed E-state index contributed by atoms with van der Waals surface area (Å²) in [6.07, 6.45) is 0.631. The van der Waals surface area contributed by atoms with Crippen LogP contribution in [-0.4, -0.2) is 74.4 Å². The lowest BCUT2D eigenvalue weighted by Gasteiger charge is -2.34. The molecule has 0 bridgehead atoms. The lowest BCUT2D eigenvalue weighted by molar-refractivity contribution is 0.0565. The van der Waals surface area contributed by atoms with Crippen molar-refractivity contribution in [3.8, 4) is 5.75 Å². The molecule has 6 nitrogen and oxygen atoms in total. The minimum atomic E-state index is -3.12. The second-order valence-electron chi connectivity index (χ2n) is 6.58. The van der Waals surface area contributed by atoms with Crippen LogP contribution < -0.4 is 4.74 Å². The van der Waals surface area contributed by atoms with Gasteiger partial charge in [-0.2, -0.15) is 4.31 Å². The summed E-state index contributed by atoms with van der Waals surface area (Å²) in [5, 5.41) is 10.2. The summed E-state index contributed by atoms with van der Waals surface area (Å²) in [6.45, 7) is 9.00. The van der Waals surface area contributed by atoms with Crippen molar-refractivity contribution in [2.24, 2.45) is 0 Å². The predicted octanol–water partition coefficient (Wildman–Crippen LogP) is 0.929. The summed E-state index contributed by atoms with van der Waals surface area (Å²) >= 11 is 0. The fourth-order valence-corrected chi connectivity index (χ4v) is 3.75. The normalized spacial score (nSPS) is 18.5. The van der Waals surface area contributed by atoms with Gasteiger partial charge in [0.1, 0.15) is 18.5 Å². The molecule has 2 rings (SSSR count). The number of β-amino-alcohol motifs (C(OH)–C–C–N with tert-alkyl or cyclic N) is 1. The number of aryl methyl sites for hydroxylation is 2. The highest BCUT2D eigenvalue weighted by atomic mass is 32.2. The first kappa shape index (κ1) is 19.2. The monoisotopic (exact) mass is 356 g/mol. The number of rotatable bonds is 6. The van der Waals surface area contributed by atoms with E-state index in [2.05, 4.69) is 11.0 Å². The Balaban J connectivity index is 1.83. The Morgan fingerprint density at radius 3 is 2.29 bits per heavy atom. The average Bonchev–Trinajstić information content (AvgIpc) is 2.51. The minimum Gasteiger partial charge on any atom is -0.490 e. The first-order chi connectivity index (χ1) is 11.2. The molecule has 0 spiro atoms. The van der Waals surface area contributed by atoms with Crippen molar-refractivity contribution in [3.63, 3.8) is 0 Å². The van der Waals surface area contributed by atoms with Crippen molar-refractivity contribution in [1.29, 1.82) is 0 Å². The topological polar surface area (TPSA) is 70.1 Å². The molecule has 0 saturated carbocycles. The molecule has 7 heteroatoms. The molecule has 1 aromatic rings. The van der Waals surface area contributed by atoms with Gasteiger partial charge in [0, 0.05) is 32.7 Å². The average molecular weight is 356 g/mol. The standard InChI is InChI=1S/C17H28N2O4S/c1-13-5-6-14(2)17(15(13)3)23-12-16(20)11-18-7-9-19(10-8-18)24(4,21)22/h5-6,16,20H,7-12H2,1-4H3. The molecular weight excluding hydrogens is 328 g/mol. The van der Waals surface area contributed by atoms with Crippen LogP contribution in [0.5, 0.6) is 5.75 Å². The molecule has 1 aliphatic heterocycles. The van der Waals surface area contributed by atoms with E-state index in [1.54, 1.807) is 0 Å². The quantitative estimate of drug-likeness (QED) is 0.821. The Morgan fingerprint density at radius 2 is 1.71 bits per heavy atom. The van der Waals surface area contributed by atoms with Gasteiger partial charge >= 0.3 is 0 Å². The zero-order chi connectivity index (χ0) is 17.9. The minimum absolute atomic E-state index is 0.234. The molecule has 0 amide bonds. The third-order valence-corrected chi connectivity index (χ3v) is 5.87. The zero-order valence-electron chi connectivity index (χ0n) is 14.9. The van der Waals surface area contributed by atoms with E-state index in [4.69, 9.17) is 4.74 Å². The molecule has 1 N–H and O–H groups in total. The molecule has 1 aliphatic rings. The predicted molar refractivity (Wildman–Crippen MR) is 95.0 cm³/mol. The summed E-state index contributed by atoms with van der Waals surface area (Å²) in [5.74, 6) is 0.843. The van der Waals surface area contributed by atoms with Crippen molar-refractivity contribution in [2.45, 2.75) is 26.9 Å². The van der Waals surface area contributed by atoms with E-state index in [1.165, 1.54) is 16.1 Å². The van der Waals surface area contributed by atoms with E-state index in [0.29, 0.717) is 32.7 Å². The number of aliphatic hydroxyl groups is 1. The molecule has 1 atom stereocenters. The lowest BCUT2D eigenvalue weighted by Crippen LogP contribution is -2.50. The number of benzene rings is 1. The maximum absolute atomic E-state index is 11.5. The van der Waals surface area contributed by atoms with Crippen LogP contribution in [-0.2, 0) is 10.0 Å². The van der Waals surface area contributed by atoms with Crippen LogP contribution in [0, 0.1) is 20.8 Å². The summed E-state index contributed by atoms with van der Waals surface area (Å²) in [5.41, 5.74) is 3.33. The first-order valence-electron chi connectivity index (χ1n) is 8.23. The fourth-order valence-electron chi connectivity index (χ4n) is 2.92. The highest BCUT2D eigenvalue weighted by Crippen LogP contribution is 2.25. The van der Waals surface area contributed by atoms with Gasteiger partial charge in [0.15, 0.2) is 0 Å². The Morgan fingerprint density at radius 1 is 1.12 bits per heavy atom. The van der Waals surface area contributed by atoms with Gasteiger partial charge in [-0.25, -0.2) is 8.42 Å². The van der Waals surface area contributed by atoms with Gasteiger partial charge in [0.05, 0.1) is 6.26 Å². The Labute approximate surface area is 145 Å². The number of aliphatic hydroxyl groups excluding tert-OH is 1. The number of nitrogens with zero attached hydrogens (tertiary/aromatic N) is 2. The number of piperazine rings is 1. The molecule has 0 aromatic heterocycles. The van der Waals surface area contributed by atoms with Crippen LogP contribution in [0.15, 0.2) is 12.1 Å². The number of ether oxygens (including phenoxy) is 1. The summed E-state index contributed by atoms with van der Waals surface area (Å²) in [7, 11) is -3.12. The second kappa shape index (κ2) is 7.82. The summed E-state index contributed by atoms with van der Waals surface area (Å²) in [6, 6.07) is 4.09. The van der Waals surface area contributed by atoms with Crippen LogP contribution in [0.25, 0.3) is 0 Å². The zero-order valence-corrected chi connectivity index (χ0v) is 15.8. The molecule has 0 aliphatic carbocycles. The lowest BCUT2D eigenvalue weighted by atomic mass is 10.1. The number of sulfonamides is 1. The maximum atomic E-state index is 11.5. The van der Waals surface area contributed by atoms with E-state index in [1.807, 2.05) is 26.8 Å². The molecule has 1 aromatic carbocycles. The third kappa shape index (κ3) is 4.92. The largest absolute Gasteiger partial charge is 0.490 e. The van der Waals surface area contributed by atoms with Crippen LogP contribution >= 0.6 is 0 Å². The van der Waals surface area contributed by atoms with E-state index >= 15 is 0 Å². The maximum Gasteiger partial charge on any atom is 0.211 e. The van der Waals surface area contributed by atoms with E-state index in [0.717, 1.165) is 16.9 Å². The van der Waals surface area contributed by atoms with Crippen LogP contribution in [0.1, 0.15) is 16.7 Å². The van der Waals surface area contributed by atoms with Crippen molar-refractivity contribution in [1.82, 2.24) is 9.21 Å². The van der Waals surface area contributed by atoms with Crippen molar-refractivity contribution in [3.05, 3.63) is 28.8 Å².